The molecule has 5 nitrogen and oxygen atoms in total. The average Bonchev–Trinajstić information content (AvgIpc) is 3.01. The van der Waals surface area contributed by atoms with Crippen LogP contribution in [-0.4, -0.2) is 49.6 Å². The normalized spacial score (nSPS) is 23.2. The molecule has 0 amide bonds. The summed E-state index contributed by atoms with van der Waals surface area (Å²) < 4.78 is 18.7. The van der Waals surface area contributed by atoms with Gasteiger partial charge in [0, 0.05) is 31.6 Å². The zero-order valence-electron chi connectivity index (χ0n) is 15.9. The number of benzene rings is 2. The lowest BCUT2D eigenvalue weighted by atomic mass is 9.89. The first-order chi connectivity index (χ1) is 13.7. The van der Waals surface area contributed by atoms with Crippen LogP contribution in [0.2, 0.25) is 0 Å². The average molecular weight is 380 g/mol. The molecule has 28 heavy (non-hydrogen) atoms. The van der Waals surface area contributed by atoms with Crippen molar-refractivity contribution in [1.29, 1.82) is 0 Å². The van der Waals surface area contributed by atoms with Crippen LogP contribution in [-0.2, 0) is 0 Å². The monoisotopic (exact) mass is 380 g/mol. The number of piperidine rings is 1. The number of ether oxygens (including phenoxy) is 1. The van der Waals surface area contributed by atoms with Crippen molar-refractivity contribution in [3.63, 3.8) is 0 Å². The highest BCUT2D eigenvalue weighted by molar-refractivity contribution is 5.95. The minimum absolute atomic E-state index is 0.236. The molecule has 0 bridgehead atoms. The first kappa shape index (κ1) is 17.5. The Morgan fingerprint density at radius 3 is 2.89 bits per heavy atom. The van der Waals surface area contributed by atoms with Gasteiger partial charge in [-0.25, -0.2) is 9.38 Å². The van der Waals surface area contributed by atoms with E-state index in [-0.39, 0.29) is 5.82 Å². The van der Waals surface area contributed by atoms with Crippen molar-refractivity contribution < 1.29 is 9.13 Å². The van der Waals surface area contributed by atoms with Crippen LogP contribution in [0.3, 0.4) is 0 Å². The minimum Gasteiger partial charge on any atom is -0.494 e. The molecule has 1 saturated heterocycles. The van der Waals surface area contributed by atoms with Gasteiger partial charge in [-0.05, 0) is 48.7 Å². The first-order valence-corrected chi connectivity index (χ1v) is 10.0. The molecule has 1 fully saturated rings. The maximum absolute atomic E-state index is 13.0. The number of nitrogens with zero attached hydrogens (tertiary/aromatic N) is 3. The third-order valence-electron chi connectivity index (χ3n) is 6.09. The van der Waals surface area contributed by atoms with Crippen LogP contribution in [0.4, 0.5) is 15.8 Å². The van der Waals surface area contributed by atoms with Gasteiger partial charge in [0.2, 0.25) is 0 Å². The number of hydrogen-bond acceptors (Lipinski definition) is 5. The fourth-order valence-corrected chi connectivity index (χ4v) is 4.88. The van der Waals surface area contributed by atoms with Crippen LogP contribution < -0.4 is 15.4 Å². The number of likely N-dealkylation sites (tertiary alicyclic amines) is 1. The Bertz CT molecular complexity index is 898. The van der Waals surface area contributed by atoms with Crippen LogP contribution in [0.15, 0.2) is 47.5 Å². The predicted molar refractivity (Wildman–Crippen MR) is 109 cm³/mol. The summed E-state index contributed by atoms with van der Waals surface area (Å²) in [6.45, 7) is 4.56. The van der Waals surface area contributed by atoms with Crippen molar-refractivity contribution in [1.82, 2.24) is 4.90 Å². The van der Waals surface area contributed by atoms with Gasteiger partial charge in [-0.3, -0.25) is 0 Å². The summed E-state index contributed by atoms with van der Waals surface area (Å²) in [5.74, 6) is 1.72. The summed E-state index contributed by atoms with van der Waals surface area (Å²) >= 11 is 0. The minimum atomic E-state index is -0.236. The second kappa shape index (κ2) is 7.09. The lowest BCUT2D eigenvalue weighted by Gasteiger charge is -2.39. The molecular weight excluding hydrogens is 355 g/mol. The molecule has 6 heteroatoms. The summed E-state index contributed by atoms with van der Waals surface area (Å²) in [6, 6.07) is 13.2. The largest absolute Gasteiger partial charge is 0.494 e. The maximum atomic E-state index is 13.0. The summed E-state index contributed by atoms with van der Waals surface area (Å²) in [4.78, 5) is 9.59. The Balaban J connectivity index is 1.20. The van der Waals surface area contributed by atoms with Gasteiger partial charge in [0.05, 0.1) is 24.5 Å². The van der Waals surface area contributed by atoms with E-state index in [2.05, 4.69) is 33.0 Å². The van der Waals surface area contributed by atoms with E-state index in [4.69, 9.17) is 10.5 Å². The van der Waals surface area contributed by atoms with Crippen molar-refractivity contribution in [2.24, 2.45) is 10.7 Å². The molecule has 2 aromatic carbocycles. The van der Waals surface area contributed by atoms with Gasteiger partial charge >= 0.3 is 0 Å². The number of aliphatic imine (C=N–C) groups is 1. The van der Waals surface area contributed by atoms with E-state index in [1.54, 1.807) is 12.1 Å². The topological polar surface area (TPSA) is 54.1 Å². The number of anilines is 1. The molecule has 3 heterocycles. The van der Waals surface area contributed by atoms with Crippen LogP contribution in [0.25, 0.3) is 0 Å². The van der Waals surface area contributed by atoms with E-state index < -0.39 is 0 Å². The Labute approximate surface area is 164 Å². The molecule has 146 valence electrons. The summed E-state index contributed by atoms with van der Waals surface area (Å²) in [7, 11) is 0. The molecule has 0 radical (unpaired) electrons. The smallest absolute Gasteiger partial charge is 0.123 e. The van der Waals surface area contributed by atoms with E-state index >= 15 is 0 Å². The molecule has 0 aromatic heterocycles. The zero-order valence-corrected chi connectivity index (χ0v) is 15.9. The molecule has 0 unspecified atom stereocenters. The SMILES string of the molecule is NC1=Nc2cccc3c2N(C1)[C@H]1CCN(CCCOc2ccc(F)cc2)C[C@@H]31. The molecule has 0 saturated carbocycles. The highest BCUT2D eigenvalue weighted by Crippen LogP contribution is 2.50. The lowest BCUT2D eigenvalue weighted by molar-refractivity contribution is 0.179. The number of halogens is 1. The first-order valence-electron chi connectivity index (χ1n) is 10.0. The van der Waals surface area contributed by atoms with E-state index in [9.17, 15) is 4.39 Å². The number of amidine groups is 1. The standard InChI is InChI=1S/C22H25FN4O/c23-15-5-7-16(8-6-15)28-12-2-10-26-11-9-20-18(13-26)17-3-1-4-19-22(17)27(20)14-21(24)25-19/h1,3-8,18,20H,2,9-14H2,(H2,24,25)/t18-,20-/m0/s1. The third-order valence-corrected chi connectivity index (χ3v) is 6.09. The second-order valence-corrected chi connectivity index (χ2v) is 7.87. The van der Waals surface area contributed by atoms with Gasteiger partial charge in [-0.1, -0.05) is 12.1 Å². The molecule has 3 aliphatic heterocycles. The fourth-order valence-electron chi connectivity index (χ4n) is 4.88. The van der Waals surface area contributed by atoms with Crippen molar-refractivity contribution in [2.75, 3.05) is 37.7 Å². The molecule has 2 aromatic rings. The van der Waals surface area contributed by atoms with Crippen LogP contribution in [0, 0.1) is 5.82 Å². The number of rotatable bonds is 5. The van der Waals surface area contributed by atoms with Gasteiger partial charge < -0.3 is 20.3 Å². The summed E-state index contributed by atoms with van der Waals surface area (Å²) in [5, 5.41) is 0. The molecule has 5 rings (SSSR count). The van der Waals surface area contributed by atoms with Crippen molar-refractivity contribution in [3.8, 4) is 5.75 Å². The molecule has 2 atom stereocenters. The van der Waals surface area contributed by atoms with Crippen LogP contribution >= 0.6 is 0 Å². The Morgan fingerprint density at radius 1 is 1.18 bits per heavy atom. The van der Waals surface area contributed by atoms with E-state index in [1.165, 1.54) is 23.4 Å². The lowest BCUT2D eigenvalue weighted by Crippen LogP contribution is -2.49. The van der Waals surface area contributed by atoms with Crippen LogP contribution in [0.1, 0.15) is 24.3 Å². The number of para-hydroxylation sites is 1. The third kappa shape index (κ3) is 3.11. The van der Waals surface area contributed by atoms with Gasteiger partial charge in [0.15, 0.2) is 0 Å². The molecule has 3 aliphatic rings. The van der Waals surface area contributed by atoms with Crippen molar-refractivity contribution in [2.45, 2.75) is 24.8 Å². The number of hydrogen-bond donors (Lipinski definition) is 1. The second-order valence-electron chi connectivity index (χ2n) is 7.87. The van der Waals surface area contributed by atoms with Crippen LogP contribution in [0.5, 0.6) is 5.75 Å². The van der Waals surface area contributed by atoms with Crippen molar-refractivity contribution >= 4 is 17.2 Å². The summed E-state index contributed by atoms with van der Waals surface area (Å²) in [5.41, 5.74) is 9.83. The van der Waals surface area contributed by atoms with E-state index in [0.717, 1.165) is 50.5 Å². The fraction of sp³-hybridized carbons (Fsp3) is 0.409. The van der Waals surface area contributed by atoms with Gasteiger partial charge in [0.1, 0.15) is 17.4 Å². The van der Waals surface area contributed by atoms with Gasteiger partial charge in [0.25, 0.3) is 0 Å². The molecule has 2 N–H and O–H groups in total. The zero-order chi connectivity index (χ0) is 19.1. The highest BCUT2D eigenvalue weighted by Gasteiger charge is 2.44. The van der Waals surface area contributed by atoms with E-state index in [0.29, 0.717) is 24.4 Å². The predicted octanol–water partition coefficient (Wildman–Crippen LogP) is 3.28. The quantitative estimate of drug-likeness (QED) is 0.809. The Kier molecular flexibility index (Phi) is 4.43. The molecule has 0 spiro atoms. The maximum Gasteiger partial charge on any atom is 0.123 e. The van der Waals surface area contributed by atoms with Gasteiger partial charge in [-0.2, -0.15) is 0 Å². The molecule has 0 aliphatic carbocycles. The van der Waals surface area contributed by atoms with Crippen molar-refractivity contribution in [3.05, 3.63) is 53.8 Å². The Hall–Kier alpha value is -2.60. The number of nitrogens with two attached hydrogens (primary N) is 1. The molecular formula is C22H25FN4O. The van der Waals surface area contributed by atoms with E-state index in [1.807, 2.05) is 0 Å². The summed E-state index contributed by atoms with van der Waals surface area (Å²) in [6.07, 6.45) is 2.10. The Morgan fingerprint density at radius 2 is 2.04 bits per heavy atom. The van der Waals surface area contributed by atoms with Gasteiger partial charge in [-0.15, -0.1) is 0 Å². The number of fused-ring (bicyclic) bond motifs is 3. The highest BCUT2D eigenvalue weighted by atomic mass is 19.1.